The van der Waals surface area contributed by atoms with Crippen LogP contribution in [0, 0.1) is 50.2 Å². The summed E-state index contributed by atoms with van der Waals surface area (Å²) in [5, 5.41) is 140. The highest BCUT2D eigenvalue weighted by Crippen LogP contribution is 2.76. The molecule has 4 aliphatic heterocycles. The molecule has 13 N–H and O–H groups in total. The van der Waals surface area contributed by atoms with Gasteiger partial charge >= 0.3 is 11.9 Å². The SMILES string of the molecule is C[C@@H]1O[C@H](O[C@@H]2[C@@H](OC(=O)[C@@]34CCC(C)(C)C[C@@H]3C3=CC[C@@H]5[C@]6(C)CC[C@@H](O[C@@H]7O[C@H](C(=O)O)[C@@H](O)[C@H](O)[C@H]7O[C@@H]7O[C@H](CO)[C@@H](O)[C@H](O)[C@H]7O)[C@](C)(C=O)[C@H]6CC[C@]5(C)[C@]3(C)C[C@@H]4O)OC[C@H](O)[C@@H]2O)[C@@H](O)[C@@H](O)[C@H]1O. The smallest absolute Gasteiger partial charge is 0.335 e. The van der Waals surface area contributed by atoms with Crippen molar-refractivity contribution in [1.82, 2.24) is 0 Å². The van der Waals surface area contributed by atoms with Gasteiger partial charge in [0.1, 0.15) is 84.9 Å². The van der Waals surface area contributed by atoms with Crippen LogP contribution in [0.2, 0.25) is 0 Å². The molecule has 4 saturated carbocycles. The zero-order valence-electron chi connectivity index (χ0n) is 44.6. The highest BCUT2D eigenvalue weighted by Gasteiger charge is 2.73. The standard InChI is InChI=1S/C53H82O24/c1-21-30(58)33(61)37(65)43(71-21)75-40-31(59)24(56)19-70-45(40)77-47(69)53-15-14-48(2,3)16-23(53)22-8-9-27-49(4)12-11-29(50(5,20-55)26(49)10-13-51(27,6)52(22,7)17-28(53)57)73-46-41(36(64)35(63)39(74-46)42(67)68)76-44-38(66)34(62)32(60)25(18-54)72-44/h8,20-21,23-41,43-46,54,56-66H,9-19H2,1-7H3,(H,67,68)/t21-,23+,24-,25+,26-,27+,28-,29+,30-,31-,32+,33-,34-,35-,36-,37-,38+,39-,40-,41+,43+,44-,45+,46+,49+,50+,51-,52+,53-/m0/s1. The summed E-state index contributed by atoms with van der Waals surface area (Å²) in [6.45, 7) is 12.7. The lowest BCUT2D eigenvalue weighted by molar-refractivity contribution is -0.373. The Bertz CT molecular complexity index is 2220. The first-order valence-corrected chi connectivity index (χ1v) is 27.2. The molecular formula is C53H82O24. The molecule has 9 aliphatic rings. The summed E-state index contributed by atoms with van der Waals surface area (Å²) in [4.78, 5) is 41.4. The van der Waals surface area contributed by atoms with E-state index in [9.17, 15) is 76.0 Å². The minimum Gasteiger partial charge on any atom is -0.479 e. The van der Waals surface area contributed by atoms with E-state index in [1.807, 2.05) is 0 Å². The molecule has 438 valence electrons. The molecule has 0 aromatic carbocycles. The highest BCUT2D eigenvalue weighted by molar-refractivity contribution is 5.80. The third-order valence-electron chi connectivity index (χ3n) is 21.0. The summed E-state index contributed by atoms with van der Waals surface area (Å²) in [5.74, 6) is -3.45. The molecule has 0 aromatic rings. The van der Waals surface area contributed by atoms with Gasteiger partial charge in [-0.15, -0.1) is 0 Å². The number of carboxylic acids is 1. The van der Waals surface area contributed by atoms with Crippen LogP contribution in [-0.2, 0) is 52.3 Å². The Morgan fingerprint density at radius 3 is 1.95 bits per heavy atom. The van der Waals surface area contributed by atoms with Gasteiger partial charge in [-0.3, -0.25) is 4.79 Å². The van der Waals surface area contributed by atoms with Gasteiger partial charge in [-0.1, -0.05) is 53.2 Å². The van der Waals surface area contributed by atoms with E-state index in [1.165, 1.54) is 6.92 Å². The maximum Gasteiger partial charge on any atom is 0.335 e. The number of aliphatic carboxylic acids is 1. The molecule has 0 bridgehead atoms. The van der Waals surface area contributed by atoms with Gasteiger partial charge in [0.2, 0.25) is 6.29 Å². The largest absolute Gasteiger partial charge is 0.479 e. The Morgan fingerprint density at radius 1 is 0.675 bits per heavy atom. The Kier molecular flexibility index (Phi) is 16.2. The van der Waals surface area contributed by atoms with Gasteiger partial charge in [-0.25, -0.2) is 4.79 Å². The summed E-state index contributed by atoms with van der Waals surface area (Å²) in [7, 11) is 0. The molecule has 0 aromatic heterocycles. The molecule has 9 rings (SSSR count). The van der Waals surface area contributed by atoms with Gasteiger partial charge in [-0.05, 0) is 104 Å². The van der Waals surface area contributed by atoms with Gasteiger partial charge in [0.15, 0.2) is 31.1 Å². The van der Waals surface area contributed by atoms with Crippen molar-refractivity contribution < 1.29 is 119 Å². The van der Waals surface area contributed by atoms with Crippen LogP contribution in [0.5, 0.6) is 0 Å². The maximum atomic E-state index is 15.2. The van der Waals surface area contributed by atoms with Crippen LogP contribution in [-0.4, -0.2) is 227 Å². The number of hydrogen-bond donors (Lipinski definition) is 13. The van der Waals surface area contributed by atoms with E-state index >= 15 is 4.79 Å². The monoisotopic (exact) mass is 1100 g/mol. The summed E-state index contributed by atoms with van der Waals surface area (Å²) in [5.41, 5.74) is -3.90. The highest BCUT2D eigenvalue weighted by atomic mass is 16.8. The Morgan fingerprint density at radius 2 is 1.31 bits per heavy atom. The van der Waals surface area contributed by atoms with Crippen LogP contribution < -0.4 is 0 Å². The zero-order valence-corrected chi connectivity index (χ0v) is 44.6. The molecule has 8 fully saturated rings. The fourth-order valence-corrected chi connectivity index (χ4v) is 16.1. The number of aldehydes is 1. The quantitative estimate of drug-likeness (QED) is 0.0455. The number of carboxylic acid groups (broad SMARTS) is 1. The van der Waals surface area contributed by atoms with Crippen LogP contribution >= 0.6 is 0 Å². The first kappa shape index (κ1) is 59.2. The molecule has 0 spiro atoms. The Hall–Kier alpha value is -2.41. The predicted octanol–water partition coefficient (Wildman–Crippen LogP) is -2.13. The predicted molar refractivity (Wildman–Crippen MR) is 258 cm³/mol. The molecule has 24 nitrogen and oxygen atoms in total. The van der Waals surface area contributed by atoms with Crippen molar-refractivity contribution in [3.8, 4) is 0 Å². The normalized spacial score (nSPS) is 54.6. The second kappa shape index (κ2) is 21.1. The van der Waals surface area contributed by atoms with E-state index in [2.05, 4.69) is 40.7 Å². The van der Waals surface area contributed by atoms with Crippen molar-refractivity contribution in [3.63, 3.8) is 0 Å². The van der Waals surface area contributed by atoms with Gasteiger partial charge in [0.25, 0.3) is 0 Å². The van der Waals surface area contributed by atoms with E-state index in [-0.39, 0.29) is 36.5 Å². The summed E-state index contributed by atoms with van der Waals surface area (Å²) in [6.07, 6.45) is -28.2. The zero-order chi connectivity index (χ0) is 56.4. The van der Waals surface area contributed by atoms with Crippen LogP contribution in [0.15, 0.2) is 11.6 Å². The molecule has 77 heavy (non-hydrogen) atoms. The molecule has 0 radical (unpaired) electrons. The van der Waals surface area contributed by atoms with E-state index in [1.54, 1.807) is 6.92 Å². The lowest BCUT2D eigenvalue weighted by atomic mass is 9.33. The average molecular weight is 1100 g/mol. The minimum absolute atomic E-state index is 0.103. The first-order chi connectivity index (χ1) is 36.0. The molecule has 5 aliphatic carbocycles. The maximum absolute atomic E-state index is 15.2. The number of hydrogen-bond acceptors (Lipinski definition) is 23. The van der Waals surface area contributed by atoms with E-state index in [4.69, 9.17) is 37.9 Å². The third kappa shape index (κ3) is 9.37. The van der Waals surface area contributed by atoms with E-state index in [0.717, 1.165) is 11.9 Å². The molecule has 4 heterocycles. The van der Waals surface area contributed by atoms with E-state index < -0.39 is 187 Å². The summed E-state index contributed by atoms with van der Waals surface area (Å²) in [6, 6.07) is 0. The van der Waals surface area contributed by atoms with Crippen molar-refractivity contribution in [2.45, 2.75) is 235 Å². The van der Waals surface area contributed by atoms with Gasteiger partial charge in [-0.2, -0.15) is 0 Å². The molecule has 24 heteroatoms. The third-order valence-corrected chi connectivity index (χ3v) is 21.0. The number of rotatable bonds is 11. The van der Waals surface area contributed by atoms with Crippen molar-refractivity contribution in [2.75, 3.05) is 13.2 Å². The molecule has 29 atom stereocenters. The number of carbonyl (C=O) groups is 3. The Balaban J connectivity index is 0.987. The fourth-order valence-electron chi connectivity index (χ4n) is 16.1. The average Bonchev–Trinajstić information content (AvgIpc) is 3.56. The minimum atomic E-state index is -2.08. The number of carbonyl (C=O) groups excluding carboxylic acids is 2. The van der Waals surface area contributed by atoms with Crippen LogP contribution in [0.25, 0.3) is 0 Å². The van der Waals surface area contributed by atoms with Crippen LogP contribution in [0.4, 0.5) is 0 Å². The number of allylic oxidation sites excluding steroid dienone is 2. The number of aliphatic hydroxyl groups excluding tert-OH is 12. The second-order valence-corrected chi connectivity index (χ2v) is 25.6. The molecular weight excluding hydrogens is 1020 g/mol. The summed E-state index contributed by atoms with van der Waals surface area (Å²) >= 11 is 0. The van der Waals surface area contributed by atoms with Crippen LogP contribution in [0.3, 0.4) is 0 Å². The van der Waals surface area contributed by atoms with E-state index in [0.29, 0.717) is 38.5 Å². The van der Waals surface area contributed by atoms with Gasteiger partial charge in [0, 0.05) is 0 Å². The van der Waals surface area contributed by atoms with Gasteiger partial charge < -0.3 is 109 Å². The fraction of sp³-hybridized carbons (Fsp3) is 0.906. The number of aliphatic hydroxyl groups is 12. The lowest BCUT2D eigenvalue weighted by Gasteiger charge is -2.71. The molecule has 4 saturated heterocycles. The number of ether oxygens (including phenoxy) is 8. The summed E-state index contributed by atoms with van der Waals surface area (Å²) < 4.78 is 47.3. The van der Waals surface area contributed by atoms with Crippen molar-refractivity contribution in [2.24, 2.45) is 50.2 Å². The Labute approximate surface area is 446 Å². The molecule has 0 amide bonds. The van der Waals surface area contributed by atoms with Crippen molar-refractivity contribution >= 4 is 18.2 Å². The van der Waals surface area contributed by atoms with Gasteiger partial charge in [0.05, 0.1) is 36.9 Å². The lowest BCUT2D eigenvalue weighted by Crippen LogP contribution is -2.69. The molecule has 0 unspecified atom stereocenters. The topological polar surface area (TPSA) is 388 Å². The number of esters is 1. The first-order valence-electron chi connectivity index (χ1n) is 27.2. The van der Waals surface area contributed by atoms with Crippen molar-refractivity contribution in [3.05, 3.63) is 11.6 Å². The van der Waals surface area contributed by atoms with Crippen LogP contribution in [0.1, 0.15) is 106 Å². The number of fused-ring (bicyclic) bond motifs is 7. The van der Waals surface area contributed by atoms with Crippen molar-refractivity contribution in [1.29, 1.82) is 0 Å². The second-order valence-electron chi connectivity index (χ2n) is 25.6.